The van der Waals surface area contributed by atoms with E-state index in [0.717, 1.165) is 55.2 Å². The van der Waals surface area contributed by atoms with E-state index in [9.17, 15) is 4.79 Å². The highest BCUT2D eigenvalue weighted by Gasteiger charge is 2.27. The van der Waals surface area contributed by atoms with Crippen LogP contribution in [-0.2, 0) is 6.54 Å². The zero-order valence-electron chi connectivity index (χ0n) is 16.9. The van der Waals surface area contributed by atoms with Crippen LogP contribution in [0.4, 0.5) is 0 Å². The van der Waals surface area contributed by atoms with E-state index in [1.807, 2.05) is 38.1 Å². The Morgan fingerprint density at radius 1 is 1.30 bits per heavy atom. The Morgan fingerprint density at radius 3 is 2.81 bits per heavy atom. The first kappa shape index (κ1) is 19.6. The van der Waals surface area contributed by atoms with Crippen molar-refractivity contribution in [3.63, 3.8) is 0 Å². The van der Waals surface area contributed by atoms with E-state index in [-0.39, 0.29) is 17.8 Å². The first-order valence-corrected chi connectivity index (χ1v) is 10.00. The number of ketones is 1. The molecule has 0 amide bonds. The first-order chi connectivity index (χ1) is 12.9. The van der Waals surface area contributed by atoms with Crippen LogP contribution in [0.2, 0.25) is 0 Å². The molecular formula is C22H31N3O2. The molecule has 1 saturated heterocycles. The Balaban J connectivity index is 1.64. The molecule has 0 bridgehead atoms. The lowest BCUT2D eigenvalue weighted by Gasteiger charge is -2.31. The zero-order valence-corrected chi connectivity index (χ0v) is 16.9. The lowest BCUT2D eigenvalue weighted by molar-refractivity contribution is 0.0809. The van der Waals surface area contributed by atoms with E-state index in [0.29, 0.717) is 5.92 Å². The Morgan fingerprint density at radius 2 is 2.11 bits per heavy atom. The predicted octanol–water partition coefficient (Wildman–Crippen LogP) is 4.42. The molecular weight excluding hydrogens is 338 g/mol. The second kappa shape index (κ2) is 8.70. The molecule has 2 heterocycles. The van der Waals surface area contributed by atoms with Crippen molar-refractivity contribution in [3.05, 3.63) is 47.3 Å². The lowest BCUT2D eigenvalue weighted by atomic mass is 9.90. The Hall–Kier alpha value is -2.14. The van der Waals surface area contributed by atoms with Gasteiger partial charge in [-0.2, -0.15) is 5.10 Å². The van der Waals surface area contributed by atoms with Crippen LogP contribution in [0.15, 0.2) is 30.3 Å². The minimum Gasteiger partial charge on any atom is -0.491 e. The van der Waals surface area contributed by atoms with Gasteiger partial charge in [0.2, 0.25) is 0 Å². The average Bonchev–Trinajstić information content (AvgIpc) is 3.10. The van der Waals surface area contributed by atoms with Crippen molar-refractivity contribution in [1.29, 1.82) is 0 Å². The molecule has 146 valence electrons. The first-order valence-electron chi connectivity index (χ1n) is 10.00. The molecule has 0 radical (unpaired) electrons. The Bertz CT molecular complexity index is 766. The van der Waals surface area contributed by atoms with Crippen LogP contribution >= 0.6 is 0 Å². The van der Waals surface area contributed by atoms with Crippen molar-refractivity contribution >= 4 is 5.78 Å². The van der Waals surface area contributed by atoms with Gasteiger partial charge in [-0.3, -0.25) is 14.8 Å². The van der Waals surface area contributed by atoms with Crippen LogP contribution in [0.25, 0.3) is 0 Å². The second-order valence-electron chi connectivity index (χ2n) is 8.11. The van der Waals surface area contributed by atoms with Crippen molar-refractivity contribution in [2.24, 2.45) is 5.92 Å². The van der Waals surface area contributed by atoms with Crippen LogP contribution < -0.4 is 4.74 Å². The number of ether oxygens (including phenoxy) is 1. The number of likely N-dealkylation sites (tertiary alicyclic amines) is 1. The number of hydrogen-bond acceptors (Lipinski definition) is 4. The third kappa shape index (κ3) is 5.19. The molecule has 0 spiro atoms. The number of carbonyl (C=O) groups is 1. The monoisotopic (exact) mass is 369 g/mol. The third-order valence-electron chi connectivity index (χ3n) is 5.00. The van der Waals surface area contributed by atoms with Gasteiger partial charge in [0, 0.05) is 30.3 Å². The number of nitrogens with zero attached hydrogens (tertiary/aromatic N) is 2. The maximum Gasteiger partial charge on any atom is 0.167 e. The van der Waals surface area contributed by atoms with E-state index >= 15 is 0 Å². The molecule has 1 aliphatic heterocycles. The average molecular weight is 370 g/mol. The molecule has 5 heteroatoms. The quantitative estimate of drug-likeness (QED) is 0.734. The topological polar surface area (TPSA) is 58.2 Å². The summed E-state index contributed by atoms with van der Waals surface area (Å²) in [6, 6.07) is 9.74. The molecule has 3 rings (SSSR count). The van der Waals surface area contributed by atoms with Gasteiger partial charge in [-0.15, -0.1) is 0 Å². The number of piperidine rings is 1. The van der Waals surface area contributed by atoms with Gasteiger partial charge in [0.15, 0.2) is 5.78 Å². The fourth-order valence-electron chi connectivity index (χ4n) is 3.64. The highest BCUT2D eigenvalue weighted by molar-refractivity contribution is 5.98. The van der Waals surface area contributed by atoms with Crippen LogP contribution in [0, 0.1) is 5.92 Å². The number of Topliss-reactive ketones (excluding diaryl/α,β-unsaturated/α-hetero) is 1. The lowest BCUT2D eigenvalue weighted by Crippen LogP contribution is -2.38. The van der Waals surface area contributed by atoms with E-state index in [2.05, 4.69) is 35.0 Å². The number of aromatic amines is 1. The van der Waals surface area contributed by atoms with Crippen molar-refractivity contribution < 1.29 is 9.53 Å². The van der Waals surface area contributed by atoms with Crippen LogP contribution in [0.5, 0.6) is 5.75 Å². The summed E-state index contributed by atoms with van der Waals surface area (Å²) < 4.78 is 5.74. The van der Waals surface area contributed by atoms with Crippen molar-refractivity contribution in [3.8, 4) is 5.75 Å². The predicted molar refractivity (Wildman–Crippen MR) is 107 cm³/mol. The molecule has 0 saturated carbocycles. The zero-order chi connectivity index (χ0) is 19.4. The molecule has 1 N–H and O–H groups in total. The molecule has 0 unspecified atom stereocenters. The van der Waals surface area contributed by atoms with Gasteiger partial charge in [0.25, 0.3) is 0 Å². The summed E-state index contributed by atoms with van der Waals surface area (Å²) >= 11 is 0. The maximum absolute atomic E-state index is 13.0. The Labute approximate surface area is 162 Å². The van der Waals surface area contributed by atoms with Gasteiger partial charge in [-0.1, -0.05) is 26.0 Å². The number of rotatable bonds is 7. The summed E-state index contributed by atoms with van der Waals surface area (Å²) in [6.07, 6.45) is 2.10. The van der Waals surface area contributed by atoms with Crippen molar-refractivity contribution in [2.75, 3.05) is 13.1 Å². The van der Waals surface area contributed by atoms with Gasteiger partial charge < -0.3 is 4.74 Å². The smallest absolute Gasteiger partial charge is 0.167 e. The summed E-state index contributed by atoms with van der Waals surface area (Å²) in [5, 5.41) is 7.53. The van der Waals surface area contributed by atoms with Crippen LogP contribution in [0.3, 0.4) is 0 Å². The van der Waals surface area contributed by atoms with Gasteiger partial charge in [-0.05, 0) is 57.4 Å². The number of nitrogens with one attached hydrogen (secondary N) is 1. The second-order valence-corrected chi connectivity index (χ2v) is 8.11. The third-order valence-corrected chi connectivity index (χ3v) is 5.00. The number of carbonyl (C=O) groups excluding carboxylic acids is 1. The molecule has 1 aromatic carbocycles. The Kier molecular flexibility index (Phi) is 6.32. The number of aromatic nitrogens is 2. The van der Waals surface area contributed by atoms with Crippen LogP contribution in [0.1, 0.15) is 68.2 Å². The molecule has 5 nitrogen and oxygen atoms in total. The standard InChI is InChI=1S/C22H31N3O2/c1-15(2)21-12-19(23-24-21)14-25-10-6-8-18(13-25)22(26)17-7-5-9-20(11-17)27-16(3)4/h5,7,9,11-12,15-16,18H,6,8,10,13-14H2,1-4H3,(H,23,24)/t18-/m1/s1. The largest absolute Gasteiger partial charge is 0.491 e. The molecule has 1 aliphatic rings. The molecule has 2 aromatic rings. The van der Waals surface area contributed by atoms with E-state index in [1.165, 1.54) is 0 Å². The summed E-state index contributed by atoms with van der Waals surface area (Å²) in [5.74, 6) is 1.45. The molecule has 1 atom stereocenters. The summed E-state index contributed by atoms with van der Waals surface area (Å²) in [6.45, 7) is 10.9. The molecule has 1 fully saturated rings. The number of benzene rings is 1. The van der Waals surface area contributed by atoms with E-state index in [4.69, 9.17) is 4.74 Å². The molecule has 27 heavy (non-hydrogen) atoms. The minimum absolute atomic E-state index is 0.0422. The fraction of sp³-hybridized carbons (Fsp3) is 0.545. The van der Waals surface area contributed by atoms with Gasteiger partial charge in [-0.25, -0.2) is 0 Å². The van der Waals surface area contributed by atoms with Crippen LogP contribution in [-0.4, -0.2) is 40.1 Å². The summed E-state index contributed by atoms with van der Waals surface area (Å²) in [5.41, 5.74) is 2.97. The highest BCUT2D eigenvalue weighted by atomic mass is 16.5. The minimum atomic E-state index is 0.0422. The van der Waals surface area contributed by atoms with Gasteiger partial charge >= 0.3 is 0 Å². The summed E-state index contributed by atoms with van der Waals surface area (Å²) in [7, 11) is 0. The van der Waals surface area contributed by atoms with Crippen molar-refractivity contribution in [2.45, 2.75) is 59.1 Å². The molecule has 0 aliphatic carbocycles. The highest BCUT2D eigenvalue weighted by Crippen LogP contribution is 2.24. The van der Waals surface area contributed by atoms with E-state index in [1.54, 1.807) is 0 Å². The summed E-state index contributed by atoms with van der Waals surface area (Å²) in [4.78, 5) is 15.4. The van der Waals surface area contributed by atoms with Gasteiger partial charge in [0.05, 0.1) is 11.8 Å². The molecule has 1 aromatic heterocycles. The van der Waals surface area contributed by atoms with Crippen molar-refractivity contribution in [1.82, 2.24) is 15.1 Å². The normalized spacial score (nSPS) is 18.2. The van der Waals surface area contributed by atoms with Gasteiger partial charge in [0.1, 0.15) is 5.75 Å². The fourth-order valence-corrected chi connectivity index (χ4v) is 3.64. The number of H-pyrrole nitrogens is 1. The SMILES string of the molecule is CC(C)Oc1cccc(C(=O)[C@@H]2CCCN(Cc3cc(C(C)C)n[nH]3)C2)c1. The van der Waals surface area contributed by atoms with E-state index < -0.39 is 0 Å². The number of hydrogen-bond donors (Lipinski definition) is 1. The maximum atomic E-state index is 13.0.